The molecule has 2 aliphatic rings. The zero-order valence-electron chi connectivity index (χ0n) is 27.0. The van der Waals surface area contributed by atoms with Gasteiger partial charge in [0.15, 0.2) is 5.82 Å². The summed E-state index contributed by atoms with van der Waals surface area (Å²) in [7, 11) is 2.89. The molecule has 1 unspecified atom stereocenters. The number of ether oxygens (including phenoxy) is 3. The first kappa shape index (κ1) is 32.5. The molecule has 1 N–H and O–H groups in total. The van der Waals surface area contributed by atoms with Crippen LogP contribution in [0.2, 0.25) is 0 Å². The van der Waals surface area contributed by atoms with Gasteiger partial charge in [-0.2, -0.15) is 4.98 Å². The molecule has 6 rings (SSSR count). The zero-order chi connectivity index (χ0) is 33.8. The Morgan fingerprint density at radius 3 is 2.27 bits per heavy atom. The summed E-state index contributed by atoms with van der Waals surface area (Å²) in [4.78, 5) is 55.9. The van der Waals surface area contributed by atoms with E-state index in [4.69, 9.17) is 19.2 Å². The second-order valence-corrected chi connectivity index (χ2v) is 11.3. The third-order valence-corrected chi connectivity index (χ3v) is 8.42. The van der Waals surface area contributed by atoms with Crippen LogP contribution in [0.25, 0.3) is 10.9 Å². The van der Waals surface area contributed by atoms with E-state index in [1.54, 1.807) is 53.1 Å². The molecule has 0 bridgehead atoms. The van der Waals surface area contributed by atoms with Crippen LogP contribution in [-0.2, 0) is 4.74 Å². The van der Waals surface area contributed by atoms with Crippen molar-refractivity contribution in [2.24, 2.45) is 0 Å². The maximum Gasteiger partial charge on any atom is 0.327 e. The number of anilines is 2. The van der Waals surface area contributed by atoms with Gasteiger partial charge in [-0.05, 0) is 49.4 Å². The Kier molecular flexibility index (Phi) is 9.57. The third kappa shape index (κ3) is 6.53. The van der Waals surface area contributed by atoms with Crippen LogP contribution in [0.1, 0.15) is 18.8 Å². The molecule has 0 aliphatic carbocycles. The van der Waals surface area contributed by atoms with Gasteiger partial charge in [-0.3, -0.25) is 9.69 Å². The molecular weight excluding hydrogens is 623 g/mol. The van der Waals surface area contributed by atoms with E-state index in [0.717, 1.165) is 0 Å². The van der Waals surface area contributed by atoms with E-state index >= 15 is 0 Å². The summed E-state index contributed by atoms with van der Waals surface area (Å²) in [5.74, 6) is 0.196. The van der Waals surface area contributed by atoms with Gasteiger partial charge in [-0.1, -0.05) is 12.1 Å². The topological polar surface area (TPSA) is 135 Å². The number of hydrogen-bond donors (Lipinski definition) is 1. The van der Waals surface area contributed by atoms with Crippen LogP contribution in [0, 0.1) is 5.82 Å². The number of halogens is 1. The Morgan fingerprint density at radius 1 is 0.896 bits per heavy atom. The van der Waals surface area contributed by atoms with Crippen molar-refractivity contribution in [1.82, 2.24) is 24.4 Å². The van der Waals surface area contributed by atoms with Crippen molar-refractivity contribution >= 4 is 34.3 Å². The highest BCUT2D eigenvalue weighted by Gasteiger charge is 2.34. The van der Waals surface area contributed by atoms with Crippen molar-refractivity contribution in [2.75, 3.05) is 81.9 Å². The van der Waals surface area contributed by atoms with Gasteiger partial charge in [0.05, 0.1) is 57.5 Å². The van der Waals surface area contributed by atoms with E-state index in [1.165, 1.54) is 48.1 Å². The molecule has 0 radical (unpaired) electrons. The molecule has 14 nitrogen and oxygen atoms in total. The lowest BCUT2D eigenvalue weighted by atomic mass is 10.2. The summed E-state index contributed by atoms with van der Waals surface area (Å²) >= 11 is 0. The van der Waals surface area contributed by atoms with Gasteiger partial charge in [0, 0.05) is 37.9 Å². The summed E-state index contributed by atoms with van der Waals surface area (Å²) in [6.45, 7) is 5.30. The summed E-state index contributed by atoms with van der Waals surface area (Å²) in [5, 5.41) is 5.08. The number of nitrogens with zero attached hydrogens (tertiary/aromatic N) is 7. The molecule has 2 aromatic heterocycles. The van der Waals surface area contributed by atoms with Crippen molar-refractivity contribution in [3.8, 4) is 11.8 Å². The minimum atomic E-state index is -0.875. The molecule has 2 aliphatic heterocycles. The number of fused-ring (bicyclic) bond motifs is 1. The van der Waals surface area contributed by atoms with E-state index in [9.17, 15) is 18.8 Å². The third-order valence-electron chi connectivity index (χ3n) is 8.42. The predicted molar refractivity (Wildman–Crippen MR) is 177 cm³/mol. The smallest absolute Gasteiger partial charge is 0.327 e. The highest BCUT2D eigenvalue weighted by Crippen LogP contribution is 2.35. The second-order valence-electron chi connectivity index (χ2n) is 11.3. The first-order valence-corrected chi connectivity index (χ1v) is 15.6. The molecule has 252 valence electrons. The van der Waals surface area contributed by atoms with Crippen LogP contribution < -0.4 is 30.3 Å². The van der Waals surface area contributed by atoms with Gasteiger partial charge in [-0.15, -0.1) is 0 Å². The van der Waals surface area contributed by atoms with Crippen LogP contribution in [0.4, 0.5) is 25.4 Å². The van der Waals surface area contributed by atoms with Crippen molar-refractivity contribution in [3.05, 3.63) is 82.7 Å². The fourth-order valence-corrected chi connectivity index (χ4v) is 5.92. The molecule has 2 aromatic carbocycles. The predicted octanol–water partition coefficient (Wildman–Crippen LogP) is 3.45. The number of para-hydroxylation sites is 1. The van der Waals surface area contributed by atoms with E-state index < -0.39 is 17.9 Å². The van der Waals surface area contributed by atoms with Crippen molar-refractivity contribution < 1.29 is 28.2 Å². The monoisotopic (exact) mass is 660 g/mol. The van der Waals surface area contributed by atoms with E-state index in [2.05, 4.69) is 10.3 Å². The highest BCUT2D eigenvalue weighted by molar-refractivity contribution is 6.03. The lowest BCUT2D eigenvalue weighted by Gasteiger charge is -2.41. The zero-order valence-corrected chi connectivity index (χ0v) is 27.0. The highest BCUT2D eigenvalue weighted by atomic mass is 19.1. The van der Waals surface area contributed by atoms with E-state index in [0.29, 0.717) is 69.1 Å². The number of urea groups is 2. The number of pyridine rings is 1. The Balaban J connectivity index is 1.40. The lowest BCUT2D eigenvalue weighted by molar-refractivity contribution is 0.0424. The number of methoxy groups -OCH3 is 2. The van der Waals surface area contributed by atoms with Gasteiger partial charge >= 0.3 is 12.1 Å². The first-order valence-electron chi connectivity index (χ1n) is 15.6. The molecule has 4 heterocycles. The van der Waals surface area contributed by atoms with Gasteiger partial charge < -0.3 is 34.3 Å². The number of hydrogen-bond acceptors (Lipinski definition) is 9. The molecule has 48 heavy (non-hydrogen) atoms. The summed E-state index contributed by atoms with van der Waals surface area (Å²) in [5.41, 5.74) is 0.777. The average Bonchev–Trinajstić information content (AvgIpc) is 3.13. The average molecular weight is 661 g/mol. The summed E-state index contributed by atoms with van der Waals surface area (Å²) in [6.07, 6.45) is 0. The Labute approximate surface area is 276 Å². The van der Waals surface area contributed by atoms with Crippen molar-refractivity contribution in [3.63, 3.8) is 0 Å². The Bertz CT molecular complexity index is 1840. The summed E-state index contributed by atoms with van der Waals surface area (Å²) in [6, 6.07) is 14.1. The molecule has 0 spiro atoms. The molecule has 4 amide bonds. The Morgan fingerprint density at radius 2 is 1.58 bits per heavy atom. The number of morpholine rings is 1. The minimum Gasteiger partial charge on any atom is -0.481 e. The van der Waals surface area contributed by atoms with Gasteiger partial charge in [0.1, 0.15) is 11.5 Å². The van der Waals surface area contributed by atoms with Gasteiger partial charge in [0.25, 0.3) is 5.56 Å². The number of nitrogens with one attached hydrogen (secondary N) is 1. The van der Waals surface area contributed by atoms with E-state index in [1.807, 2.05) is 5.01 Å². The maximum absolute atomic E-state index is 14.2. The Hall–Kier alpha value is -5.44. The lowest BCUT2D eigenvalue weighted by Crippen LogP contribution is -2.59. The number of rotatable bonds is 7. The molecule has 4 aromatic rings. The van der Waals surface area contributed by atoms with Gasteiger partial charge in [0.2, 0.25) is 11.8 Å². The quantitative estimate of drug-likeness (QED) is 0.316. The number of benzene rings is 2. The molecule has 2 fully saturated rings. The maximum atomic E-state index is 14.2. The number of carbonyl (C=O) groups excluding carboxylic acids is 2. The molecule has 15 heteroatoms. The number of amides is 4. The number of carbonyl (C=O) groups is 2. The molecule has 0 saturated carbocycles. The van der Waals surface area contributed by atoms with Crippen LogP contribution in [-0.4, -0.2) is 103 Å². The van der Waals surface area contributed by atoms with Crippen molar-refractivity contribution in [2.45, 2.75) is 13.0 Å². The fraction of sp³-hybridized carbons (Fsp3) is 0.364. The first-order chi connectivity index (χ1) is 23.3. The van der Waals surface area contributed by atoms with Crippen molar-refractivity contribution in [1.29, 1.82) is 0 Å². The number of piperazine rings is 1. The number of aromatic nitrogens is 3. The molecular formula is C33H37FN8O6. The SMILES string of the molecule is COc1ccc(N(C(=O)Nc2ccc(F)cc2)C(C)c2nc3ccccc3c(=O)n2N2CCN(C(=O)N3CCOCC3)CC2)c(OC)n1. The van der Waals surface area contributed by atoms with Crippen LogP contribution in [0.3, 0.4) is 0 Å². The second kappa shape index (κ2) is 14.1. The van der Waals surface area contributed by atoms with Crippen LogP contribution >= 0.6 is 0 Å². The normalized spacial score (nSPS) is 15.6. The van der Waals surface area contributed by atoms with Crippen LogP contribution in [0.5, 0.6) is 11.8 Å². The molecule has 1 atom stereocenters. The minimum absolute atomic E-state index is 0.0572. The van der Waals surface area contributed by atoms with Gasteiger partial charge in [-0.25, -0.2) is 23.6 Å². The summed E-state index contributed by atoms with van der Waals surface area (Å²) < 4.78 is 31.5. The van der Waals surface area contributed by atoms with Crippen LogP contribution in [0.15, 0.2) is 65.5 Å². The molecule has 2 saturated heterocycles. The largest absolute Gasteiger partial charge is 0.481 e. The van der Waals surface area contributed by atoms with E-state index in [-0.39, 0.29) is 34.9 Å². The standard InChI is InChI=1S/C33H37FN8O6/c1-22(41(27-12-13-28(46-2)37-30(27)47-3)32(44)35-24-10-8-23(34)9-11-24)29-36-26-7-5-4-6-25(26)31(43)42(29)40-16-14-38(15-17-40)33(45)39-18-20-48-21-19-39/h4-13,22H,14-21H2,1-3H3,(H,35,44). The fourth-order valence-electron chi connectivity index (χ4n) is 5.92.